The molecule has 19 heavy (non-hydrogen) atoms. The Kier molecular flexibility index (Phi) is 4.94. The standard InChI is InChI=1S/C14H17NO4/c1-3-9(14(18)19)11(15)13(17)12(16)10-7-5-4-6-8(10)2/h4-7,9,12,15-16H,3H2,1-2H3,(H,18,19)/t9-,12?/m0/s1. The molecule has 0 fully saturated rings. The van der Waals surface area contributed by atoms with Crippen LogP contribution in [0.2, 0.25) is 0 Å². The lowest BCUT2D eigenvalue weighted by molar-refractivity contribution is -0.140. The van der Waals surface area contributed by atoms with Crippen LogP contribution in [0, 0.1) is 18.3 Å². The van der Waals surface area contributed by atoms with E-state index in [2.05, 4.69) is 0 Å². The summed E-state index contributed by atoms with van der Waals surface area (Å²) in [4.78, 5) is 22.9. The molecule has 0 aliphatic heterocycles. The molecule has 0 bridgehead atoms. The number of aliphatic hydroxyl groups is 1. The molecule has 1 aromatic rings. The summed E-state index contributed by atoms with van der Waals surface area (Å²) < 4.78 is 0. The van der Waals surface area contributed by atoms with Gasteiger partial charge in [0, 0.05) is 0 Å². The van der Waals surface area contributed by atoms with Crippen LogP contribution in [0.5, 0.6) is 0 Å². The molecule has 102 valence electrons. The molecule has 5 heteroatoms. The van der Waals surface area contributed by atoms with Crippen molar-refractivity contribution in [3.8, 4) is 0 Å². The van der Waals surface area contributed by atoms with Crippen molar-refractivity contribution in [1.29, 1.82) is 5.41 Å². The zero-order valence-electron chi connectivity index (χ0n) is 10.9. The molecule has 0 saturated carbocycles. The highest BCUT2D eigenvalue weighted by Gasteiger charge is 2.31. The van der Waals surface area contributed by atoms with Gasteiger partial charge in [0.05, 0.1) is 5.71 Å². The average molecular weight is 263 g/mol. The lowest BCUT2D eigenvalue weighted by Crippen LogP contribution is -2.32. The predicted octanol–water partition coefficient (Wildman–Crippen LogP) is 1.73. The van der Waals surface area contributed by atoms with Gasteiger partial charge in [0.1, 0.15) is 12.0 Å². The lowest BCUT2D eigenvalue weighted by atomic mass is 9.91. The van der Waals surface area contributed by atoms with Crippen LogP contribution in [0.15, 0.2) is 24.3 Å². The monoisotopic (exact) mass is 263 g/mol. The molecular formula is C14H17NO4. The van der Waals surface area contributed by atoms with Gasteiger partial charge in [-0.25, -0.2) is 0 Å². The lowest BCUT2D eigenvalue weighted by Gasteiger charge is -2.16. The third-order valence-corrected chi connectivity index (χ3v) is 3.05. The van der Waals surface area contributed by atoms with Crippen LogP contribution in [0.3, 0.4) is 0 Å². The normalized spacial score (nSPS) is 13.6. The van der Waals surface area contributed by atoms with E-state index in [1.165, 1.54) is 0 Å². The number of aliphatic carboxylic acids is 1. The van der Waals surface area contributed by atoms with Crippen molar-refractivity contribution in [3.05, 3.63) is 35.4 Å². The molecule has 0 aromatic heterocycles. The molecule has 5 nitrogen and oxygen atoms in total. The summed E-state index contributed by atoms with van der Waals surface area (Å²) in [6, 6.07) is 6.78. The number of ketones is 1. The van der Waals surface area contributed by atoms with Crippen LogP contribution in [0.25, 0.3) is 0 Å². The maximum absolute atomic E-state index is 12.0. The highest BCUT2D eigenvalue weighted by Crippen LogP contribution is 2.20. The molecule has 0 radical (unpaired) electrons. The fourth-order valence-electron chi connectivity index (χ4n) is 1.86. The molecule has 1 unspecified atom stereocenters. The van der Waals surface area contributed by atoms with Crippen molar-refractivity contribution in [2.45, 2.75) is 26.4 Å². The first kappa shape index (κ1) is 15.0. The molecule has 3 N–H and O–H groups in total. The van der Waals surface area contributed by atoms with Crippen LogP contribution in [0.1, 0.15) is 30.6 Å². The SMILES string of the molecule is CC[C@@H](C(=N)C(=O)C(O)c1ccccc1C)C(=O)O. The van der Waals surface area contributed by atoms with Crippen molar-refractivity contribution >= 4 is 17.5 Å². The quantitative estimate of drug-likeness (QED) is 0.680. The van der Waals surface area contributed by atoms with Crippen LogP contribution in [0.4, 0.5) is 0 Å². The molecule has 1 aromatic carbocycles. The Morgan fingerprint density at radius 3 is 2.37 bits per heavy atom. The second kappa shape index (κ2) is 6.24. The van der Waals surface area contributed by atoms with E-state index < -0.39 is 29.5 Å². The number of aliphatic hydroxyl groups excluding tert-OH is 1. The highest BCUT2D eigenvalue weighted by atomic mass is 16.4. The third-order valence-electron chi connectivity index (χ3n) is 3.05. The Labute approximate surface area is 111 Å². The van der Waals surface area contributed by atoms with E-state index in [1.54, 1.807) is 38.1 Å². The van der Waals surface area contributed by atoms with Gasteiger partial charge in [-0.2, -0.15) is 0 Å². The number of nitrogens with one attached hydrogen (secondary N) is 1. The van der Waals surface area contributed by atoms with E-state index in [-0.39, 0.29) is 6.42 Å². The largest absolute Gasteiger partial charge is 0.481 e. The zero-order valence-corrected chi connectivity index (χ0v) is 10.9. The number of aryl methyl sites for hydroxylation is 1. The molecule has 0 heterocycles. The second-order valence-electron chi connectivity index (χ2n) is 4.34. The summed E-state index contributed by atoms with van der Waals surface area (Å²) >= 11 is 0. The molecule has 0 aliphatic rings. The average Bonchev–Trinajstić information content (AvgIpc) is 2.37. The number of hydrogen-bond acceptors (Lipinski definition) is 4. The molecule has 0 saturated heterocycles. The molecular weight excluding hydrogens is 246 g/mol. The van der Waals surface area contributed by atoms with Gasteiger partial charge in [0.25, 0.3) is 0 Å². The number of hydrogen-bond donors (Lipinski definition) is 3. The first-order valence-corrected chi connectivity index (χ1v) is 5.99. The van der Waals surface area contributed by atoms with Crippen LogP contribution < -0.4 is 0 Å². The fraction of sp³-hybridized carbons (Fsp3) is 0.357. The van der Waals surface area contributed by atoms with Gasteiger partial charge >= 0.3 is 5.97 Å². The van der Waals surface area contributed by atoms with Crippen LogP contribution in [-0.2, 0) is 9.59 Å². The van der Waals surface area contributed by atoms with E-state index in [4.69, 9.17) is 10.5 Å². The van der Waals surface area contributed by atoms with Gasteiger partial charge in [0.15, 0.2) is 0 Å². The van der Waals surface area contributed by atoms with Crippen molar-refractivity contribution in [2.75, 3.05) is 0 Å². The third kappa shape index (κ3) is 3.26. The summed E-state index contributed by atoms with van der Waals surface area (Å²) in [7, 11) is 0. The highest BCUT2D eigenvalue weighted by molar-refractivity contribution is 6.43. The van der Waals surface area contributed by atoms with E-state index in [0.29, 0.717) is 5.56 Å². The molecule has 0 aliphatic carbocycles. The van der Waals surface area contributed by atoms with E-state index in [0.717, 1.165) is 5.56 Å². The topological polar surface area (TPSA) is 98.5 Å². The van der Waals surface area contributed by atoms with Crippen molar-refractivity contribution < 1.29 is 19.8 Å². The maximum atomic E-state index is 12.0. The number of carboxylic acid groups (broad SMARTS) is 1. The minimum atomic E-state index is -1.48. The van der Waals surface area contributed by atoms with Gasteiger partial charge in [-0.15, -0.1) is 0 Å². The molecule has 2 atom stereocenters. The van der Waals surface area contributed by atoms with E-state index >= 15 is 0 Å². The Morgan fingerprint density at radius 1 is 1.32 bits per heavy atom. The number of carboxylic acids is 1. The summed E-state index contributed by atoms with van der Waals surface area (Å²) in [5.74, 6) is -3.26. The molecule has 0 spiro atoms. The number of carbonyl (C=O) groups is 2. The summed E-state index contributed by atoms with van der Waals surface area (Å²) in [5.41, 5.74) is 0.558. The number of Topliss-reactive ketones (excluding diaryl/α,β-unsaturated/α-hetero) is 1. The number of carbonyl (C=O) groups excluding carboxylic acids is 1. The van der Waals surface area contributed by atoms with Crippen molar-refractivity contribution in [2.24, 2.45) is 5.92 Å². The van der Waals surface area contributed by atoms with Gasteiger partial charge in [-0.1, -0.05) is 31.2 Å². The van der Waals surface area contributed by atoms with Crippen LogP contribution >= 0.6 is 0 Å². The van der Waals surface area contributed by atoms with Crippen molar-refractivity contribution in [1.82, 2.24) is 0 Å². The fourth-order valence-corrected chi connectivity index (χ4v) is 1.86. The first-order chi connectivity index (χ1) is 8.90. The first-order valence-electron chi connectivity index (χ1n) is 5.99. The summed E-state index contributed by atoms with van der Waals surface area (Å²) in [5, 5.41) is 26.6. The van der Waals surface area contributed by atoms with E-state index in [9.17, 15) is 14.7 Å². The predicted molar refractivity (Wildman–Crippen MR) is 70.3 cm³/mol. The molecule has 1 rings (SSSR count). The number of benzene rings is 1. The van der Waals surface area contributed by atoms with Gasteiger partial charge in [-0.05, 0) is 24.5 Å². The summed E-state index contributed by atoms with van der Waals surface area (Å²) in [6.07, 6.45) is -1.34. The Balaban J connectivity index is 2.98. The Morgan fingerprint density at radius 2 is 1.89 bits per heavy atom. The Bertz CT molecular complexity index is 510. The number of rotatable bonds is 6. The minimum Gasteiger partial charge on any atom is -0.481 e. The zero-order chi connectivity index (χ0) is 14.6. The van der Waals surface area contributed by atoms with Gasteiger partial charge < -0.3 is 15.6 Å². The second-order valence-corrected chi connectivity index (χ2v) is 4.34. The maximum Gasteiger partial charge on any atom is 0.312 e. The minimum absolute atomic E-state index is 0.139. The van der Waals surface area contributed by atoms with Crippen LogP contribution in [-0.4, -0.2) is 27.7 Å². The van der Waals surface area contributed by atoms with Crippen molar-refractivity contribution in [3.63, 3.8) is 0 Å². The van der Waals surface area contributed by atoms with E-state index in [1.807, 2.05) is 0 Å². The van der Waals surface area contributed by atoms with Gasteiger partial charge in [-0.3, -0.25) is 9.59 Å². The Hall–Kier alpha value is -2.01. The summed E-state index contributed by atoms with van der Waals surface area (Å²) in [6.45, 7) is 3.32. The van der Waals surface area contributed by atoms with Gasteiger partial charge in [0.2, 0.25) is 5.78 Å². The molecule has 0 amide bonds. The smallest absolute Gasteiger partial charge is 0.312 e.